The molecule has 2 aliphatic heterocycles. The highest BCUT2D eigenvalue weighted by Crippen LogP contribution is 2.40. The highest BCUT2D eigenvalue weighted by atomic mass is 19.1. The van der Waals surface area contributed by atoms with Crippen molar-refractivity contribution in [2.75, 3.05) is 66.3 Å². The molecule has 1 aromatic heterocycles. The summed E-state index contributed by atoms with van der Waals surface area (Å²) in [5.41, 5.74) is 2.25. The van der Waals surface area contributed by atoms with Crippen LogP contribution in [0, 0.1) is 22.9 Å². The van der Waals surface area contributed by atoms with E-state index >= 15 is 0 Å². The van der Waals surface area contributed by atoms with Crippen molar-refractivity contribution in [1.82, 2.24) is 14.8 Å². The van der Waals surface area contributed by atoms with Gasteiger partial charge < -0.3 is 24.4 Å². The van der Waals surface area contributed by atoms with Crippen LogP contribution in [0.3, 0.4) is 0 Å². The van der Waals surface area contributed by atoms with Crippen molar-refractivity contribution in [2.24, 2.45) is 5.41 Å². The molecule has 0 amide bonds. The Bertz CT molecular complexity index is 1360. The first-order chi connectivity index (χ1) is 20.8. The lowest BCUT2D eigenvalue weighted by Crippen LogP contribution is -2.43. The van der Waals surface area contributed by atoms with Crippen LogP contribution in [-0.4, -0.2) is 91.3 Å². The molecule has 43 heavy (non-hydrogen) atoms. The molecule has 2 saturated heterocycles. The number of ether oxygens (including phenoxy) is 3. The zero-order chi connectivity index (χ0) is 30.4. The Morgan fingerprint density at radius 3 is 2.42 bits per heavy atom. The van der Waals surface area contributed by atoms with Crippen molar-refractivity contribution in [3.8, 4) is 11.5 Å². The number of hydrogen-bond donors (Lipinski definition) is 2. The fourth-order valence-corrected chi connectivity index (χ4v) is 6.15. The number of methoxy groups -OCH3 is 1. The number of benzene rings is 2. The number of piperidine rings is 1. The topological polar surface area (TPSA) is 87.5 Å². The van der Waals surface area contributed by atoms with E-state index in [0.717, 1.165) is 35.1 Å². The van der Waals surface area contributed by atoms with Crippen LogP contribution in [0.5, 0.6) is 11.5 Å². The molecule has 3 heterocycles. The van der Waals surface area contributed by atoms with Gasteiger partial charge in [-0.25, -0.2) is 13.2 Å². The number of nitrogens with zero attached hydrogens (tertiary/aromatic N) is 3. The summed E-state index contributed by atoms with van der Waals surface area (Å²) in [7, 11) is 1.62. The van der Waals surface area contributed by atoms with Gasteiger partial charge in [-0.1, -0.05) is 0 Å². The number of fused-ring (bicyclic) bond motifs is 1. The molecule has 5 rings (SSSR count). The Hall–Kier alpha value is -2.96. The highest BCUT2D eigenvalue weighted by Gasteiger charge is 2.35. The molecular weight excluding hydrogens is 563 g/mol. The first-order valence-corrected chi connectivity index (χ1v) is 14.8. The minimum atomic E-state index is -1.07. The second kappa shape index (κ2) is 14.2. The van der Waals surface area contributed by atoms with E-state index in [-0.39, 0.29) is 18.6 Å². The fourth-order valence-electron chi connectivity index (χ4n) is 6.15. The van der Waals surface area contributed by atoms with E-state index in [9.17, 15) is 23.4 Å². The van der Waals surface area contributed by atoms with Crippen molar-refractivity contribution in [1.29, 1.82) is 0 Å². The number of pyridine rings is 1. The van der Waals surface area contributed by atoms with E-state index in [2.05, 4.69) is 14.8 Å². The zero-order valence-corrected chi connectivity index (χ0v) is 24.5. The summed E-state index contributed by atoms with van der Waals surface area (Å²) in [6.45, 7) is 5.47. The van der Waals surface area contributed by atoms with E-state index in [1.807, 2.05) is 24.4 Å². The van der Waals surface area contributed by atoms with Gasteiger partial charge in [0.05, 0.1) is 31.9 Å². The standard InChI is InChI=1S/C32H40F3N3O5/c1-41-24-2-3-28-25(18-24)30(22(19-36-28)20-38-10-13-42-14-11-38)29(40)4-5-32(21-39)6-8-37(9-7-32)12-15-43-31-26(34)16-23(33)17-27(31)35/h2-3,16-19,29,39-40H,4-15,20-21H2,1H3/t29-/m1/s1. The van der Waals surface area contributed by atoms with E-state index in [1.165, 1.54) is 0 Å². The van der Waals surface area contributed by atoms with Crippen molar-refractivity contribution >= 4 is 10.9 Å². The fraction of sp³-hybridized carbons (Fsp3) is 0.531. The van der Waals surface area contributed by atoms with Crippen LogP contribution < -0.4 is 9.47 Å². The molecule has 0 bridgehead atoms. The number of aliphatic hydroxyl groups excluding tert-OH is 2. The molecule has 2 N–H and O–H groups in total. The number of aliphatic hydroxyl groups is 2. The first kappa shape index (κ1) is 31.5. The Kier molecular flexibility index (Phi) is 10.4. The third kappa shape index (κ3) is 7.58. The second-order valence-electron chi connectivity index (χ2n) is 11.6. The summed E-state index contributed by atoms with van der Waals surface area (Å²) in [4.78, 5) is 9.09. The van der Waals surface area contributed by atoms with Crippen molar-refractivity contribution in [3.05, 3.63) is 65.1 Å². The minimum Gasteiger partial charge on any atom is -0.497 e. The van der Waals surface area contributed by atoms with Crippen LogP contribution in [0.15, 0.2) is 36.5 Å². The number of halogens is 3. The lowest BCUT2D eigenvalue weighted by Gasteiger charge is -2.41. The van der Waals surface area contributed by atoms with Crippen LogP contribution in [0.4, 0.5) is 13.2 Å². The summed E-state index contributed by atoms with van der Waals surface area (Å²) >= 11 is 0. The van der Waals surface area contributed by atoms with Gasteiger partial charge in [0.15, 0.2) is 17.4 Å². The number of likely N-dealkylation sites (tertiary alicyclic amines) is 1. The molecule has 1 atom stereocenters. The number of rotatable bonds is 12. The molecule has 0 spiro atoms. The smallest absolute Gasteiger partial charge is 0.190 e. The van der Waals surface area contributed by atoms with Gasteiger partial charge in [-0.3, -0.25) is 14.8 Å². The van der Waals surface area contributed by atoms with Crippen molar-refractivity contribution in [2.45, 2.75) is 38.3 Å². The van der Waals surface area contributed by atoms with E-state index < -0.39 is 29.3 Å². The van der Waals surface area contributed by atoms with Crippen LogP contribution in [0.25, 0.3) is 10.9 Å². The molecule has 2 aliphatic rings. The molecule has 3 aromatic rings. The van der Waals surface area contributed by atoms with Gasteiger partial charge in [0, 0.05) is 56.5 Å². The molecule has 0 aliphatic carbocycles. The Morgan fingerprint density at radius 2 is 1.74 bits per heavy atom. The largest absolute Gasteiger partial charge is 0.497 e. The predicted molar refractivity (Wildman–Crippen MR) is 156 cm³/mol. The maximum absolute atomic E-state index is 13.9. The van der Waals surface area contributed by atoms with E-state index in [4.69, 9.17) is 14.2 Å². The molecule has 0 radical (unpaired) electrons. The zero-order valence-electron chi connectivity index (χ0n) is 24.5. The average molecular weight is 604 g/mol. The number of hydrogen-bond acceptors (Lipinski definition) is 8. The molecule has 234 valence electrons. The third-order valence-electron chi connectivity index (χ3n) is 8.85. The number of aromatic nitrogens is 1. The summed E-state index contributed by atoms with van der Waals surface area (Å²) in [5.74, 6) is -3.01. The molecular formula is C32H40F3N3O5. The molecule has 2 fully saturated rings. The SMILES string of the molecule is COc1ccc2ncc(CN3CCOCC3)c([C@H](O)CCC3(CO)CCN(CCOc4c(F)cc(F)cc4F)CC3)c2c1. The lowest BCUT2D eigenvalue weighted by atomic mass is 9.74. The minimum absolute atomic E-state index is 0.00160. The second-order valence-corrected chi connectivity index (χ2v) is 11.6. The van der Waals surface area contributed by atoms with Gasteiger partial charge in [0.1, 0.15) is 18.2 Å². The third-order valence-corrected chi connectivity index (χ3v) is 8.85. The lowest BCUT2D eigenvalue weighted by molar-refractivity contribution is 0.0197. The maximum Gasteiger partial charge on any atom is 0.190 e. The van der Waals surface area contributed by atoms with Crippen LogP contribution in [0.1, 0.15) is 42.9 Å². The van der Waals surface area contributed by atoms with Gasteiger partial charge >= 0.3 is 0 Å². The molecule has 2 aromatic carbocycles. The normalized spacial score (nSPS) is 18.6. The van der Waals surface area contributed by atoms with Crippen molar-refractivity contribution in [3.63, 3.8) is 0 Å². The van der Waals surface area contributed by atoms with Gasteiger partial charge in [-0.05, 0) is 73.5 Å². The van der Waals surface area contributed by atoms with Gasteiger partial charge in [-0.2, -0.15) is 0 Å². The van der Waals surface area contributed by atoms with Gasteiger partial charge in [-0.15, -0.1) is 0 Å². The van der Waals surface area contributed by atoms with Crippen molar-refractivity contribution < 1.29 is 37.6 Å². The maximum atomic E-state index is 13.9. The van der Waals surface area contributed by atoms with Gasteiger partial charge in [0.25, 0.3) is 0 Å². The summed E-state index contributed by atoms with van der Waals surface area (Å²) < 4.78 is 57.2. The van der Waals surface area contributed by atoms with E-state index in [1.54, 1.807) is 7.11 Å². The van der Waals surface area contributed by atoms with Gasteiger partial charge in [0.2, 0.25) is 0 Å². The predicted octanol–water partition coefficient (Wildman–Crippen LogP) is 4.46. The quantitative estimate of drug-likeness (QED) is 0.314. The molecule has 11 heteroatoms. The summed E-state index contributed by atoms with van der Waals surface area (Å²) in [6, 6.07) is 6.88. The monoisotopic (exact) mass is 603 g/mol. The average Bonchev–Trinajstić information content (AvgIpc) is 3.02. The Labute approximate surface area is 250 Å². The summed E-state index contributed by atoms with van der Waals surface area (Å²) in [5, 5.41) is 23.0. The first-order valence-electron chi connectivity index (χ1n) is 14.8. The summed E-state index contributed by atoms with van der Waals surface area (Å²) in [6.07, 6.45) is 3.62. The number of morpholine rings is 1. The van der Waals surface area contributed by atoms with E-state index in [0.29, 0.717) is 83.0 Å². The van der Waals surface area contributed by atoms with Crippen LogP contribution >= 0.6 is 0 Å². The Morgan fingerprint density at radius 1 is 1.02 bits per heavy atom. The van der Waals surface area contributed by atoms with Crippen LogP contribution in [-0.2, 0) is 11.3 Å². The molecule has 0 unspecified atom stereocenters. The highest BCUT2D eigenvalue weighted by molar-refractivity contribution is 5.85. The molecule has 8 nitrogen and oxygen atoms in total. The van der Waals surface area contributed by atoms with Crippen LogP contribution in [0.2, 0.25) is 0 Å². The molecule has 0 saturated carbocycles. The Balaban J connectivity index is 1.22.